The van der Waals surface area contributed by atoms with E-state index < -0.39 is 12.7 Å². The van der Waals surface area contributed by atoms with Gasteiger partial charge in [0.05, 0.1) is 18.8 Å². The zero-order valence-corrected chi connectivity index (χ0v) is 18.9. The van der Waals surface area contributed by atoms with E-state index in [0.717, 1.165) is 48.8 Å². The normalized spacial score (nSPS) is 17.5. The average molecular weight is 477 g/mol. The van der Waals surface area contributed by atoms with Gasteiger partial charge in [-0.25, -0.2) is 4.98 Å². The van der Waals surface area contributed by atoms with Crippen molar-refractivity contribution in [2.24, 2.45) is 0 Å². The molecule has 0 unspecified atom stereocenters. The predicted molar refractivity (Wildman–Crippen MR) is 120 cm³/mol. The van der Waals surface area contributed by atoms with Crippen molar-refractivity contribution in [1.29, 1.82) is 0 Å². The average Bonchev–Trinajstić information content (AvgIpc) is 3.09. The molecule has 0 saturated carbocycles. The van der Waals surface area contributed by atoms with E-state index in [1.807, 2.05) is 22.9 Å². The molecule has 0 N–H and O–H groups in total. The molecular weight excluding hydrogens is 453 g/mol. The van der Waals surface area contributed by atoms with Crippen LogP contribution >= 0.6 is 11.6 Å². The molecule has 4 heterocycles. The minimum absolute atomic E-state index is 0.0743. The Morgan fingerprint density at radius 2 is 1.85 bits per heavy atom. The molecule has 0 radical (unpaired) electrons. The van der Waals surface area contributed by atoms with Crippen LogP contribution in [0.1, 0.15) is 41.5 Å². The molecule has 0 aliphatic carbocycles. The topological polar surface area (TPSA) is 50.1 Å². The Morgan fingerprint density at radius 3 is 2.58 bits per heavy atom. The van der Waals surface area contributed by atoms with Crippen molar-refractivity contribution in [3.63, 3.8) is 0 Å². The van der Waals surface area contributed by atoms with Crippen LogP contribution < -0.4 is 4.90 Å². The fraction of sp³-hybridized carbons (Fsp3) is 0.435. The number of hydrogen-bond donors (Lipinski definition) is 0. The zero-order chi connectivity index (χ0) is 23.2. The first-order valence-electron chi connectivity index (χ1n) is 11.0. The number of aryl methyl sites for hydroxylation is 1. The molecule has 2 aliphatic rings. The molecule has 0 atom stereocenters. The summed E-state index contributed by atoms with van der Waals surface area (Å²) in [5, 5.41) is 9.29. The monoisotopic (exact) mass is 476 g/mol. The van der Waals surface area contributed by atoms with E-state index in [1.54, 1.807) is 12.1 Å². The molecule has 2 aromatic heterocycles. The molecule has 3 aromatic rings. The van der Waals surface area contributed by atoms with Crippen LogP contribution in [-0.2, 0) is 13.1 Å². The Balaban J connectivity index is 1.44. The second-order valence-corrected chi connectivity index (χ2v) is 9.23. The lowest BCUT2D eigenvalue weighted by molar-refractivity contribution is -0.148. The molecule has 1 fully saturated rings. The van der Waals surface area contributed by atoms with Gasteiger partial charge in [-0.1, -0.05) is 11.6 Å². The van der Waals surface area contributed by atoms with E-state index >= 15 is 0 Å². The summed E-state index contributed by atoms with van der Waals surface area (Å²) < 4.78 is 41.5. The summed E-state index contributed by atoms with van der Waals surface area (Å²) in [4.78, 5) is 8.10. The number of hydrogen-bond acceptors (Lipinski definition) is 5. The van der Waals surface area contributed by atoms with Gasteiger partial charge in [0.1, 0.15) is 11.6 Å². The van der Waals surface area contributed by atoms with Crippen molar-refractivity contribution in [2.75, 3.05) is 24.5 Å². The summed E-state index contributed by atoms with van der Waals surface area (Å²) in [6.07, 6.45) is -0.747. The van der Waals surface area contributed by atoms with Crippen LogP contribution in [0.15, 0.2) is 36.5 Å². The number of anilines is 1. The van der Waals surface area contributed by atoms with Crippen LogP contribution in [0.2, 0.25) is 5.02 Å². The maximum Gasteiger partial charge on any atom is 0.401 e. The number of fused-ring (bicyclic) bond motifs is 3. The van der Waals surface area contributed by atoms with E-state index in [0.29, 0.717) is 10.8 Å². The molecule has 33 heavy (non-hydrogen) atoms. The van der Waals surface area contributed by atoms with E-state index in [2.05, 4.69) is 33.1 Å². The number of alkyl halides is 3. The summed E-state index contributed by atoms with van der Waals surface area (Å²) in [6, 6.07) is 9.42. The molecule has 0 amide bonds. The highest BCUT2D eigenvalue weighted by atomic mass is 35.5. The molecule has 5 rings (SSSR count). The first-order chi connectivity index (χ1) is 15.8. The number of pyridine rings is 1. The standard InChI is InChI=1S/C23H24ClF3N6/c1-15-4-7-28-20(10-15)32-8-5-16(6-9-32)22-30-29-21-13-31(14-23(25,26)27)12-17-11-18(24)2-3-19(17)33(21)22/h2-4,7,10-11,16H,5-6,8-9,12-14H2,1H3. The number of halogens is 4. The molecule has 1 saturated heterocycles. The van der Waals surface area contributed by atoms with Crippen LogP contribution in [0.4, 0.5) is 19.0 Å². The third kappa shape index (κ3) is 4.70. The van der Waals surface area contributed by atoms with Crippen LogP contribution in [0.25, 0.3) is 5.69 Å². The number of rotatable bonds is 3. The number of piperidine rings is 1. The summed E-state index contributed by atoms with van der Waals surface area (Å²) in [5.74, 6) is 2.46. The Kier molecular flexibility index (Phi) is 5.78. The van der Waals surface area contributed by atoms with Gasteiger partial charge in [-0.05, 0) is 61.2 Å². The minimum atomic E-state index is -4.30. The molecule has 1 aromatic carbocycles. The van der Waals surface area contributed by atoms with Gasteiger partial charge in [-0.2, -0.15) is 13.2 Å². The van der Waals surface area contributed by atoms with Crippen molar-refractivity contribution >= 4 is 17.4 Å². The number of aromatic nitrogens is 4. The summed E-state index contributed by atoms with van der Waals surface area (Å²) in [7, 11) is 0. The van der Waals surface area contributed by atoms with Crippen molar-refractivity contribution in [3.05, 3.63) is 64.3 Å². The lowest BCUT2D eigenvalue weighted by atomic mass is 9.95. The minimum Gasteiger partial charge on any atom is -0.357 e. The highest BCUT2D eigenvalue weighted by Crippen LogP contribution is 2.35. The SMILES string of the molecule is Cc1ccnc(N2CCC(c3nnc4n3-c3ccc(Cl)cc3CN(CC(F)(F)F)C4)CC2)c1. The smallest absolute Gasteiger partial charge is 0.357 e. The quantitative estimate of drug-likeness (QED) is 0.539. The van der Waals surface area contributed by atoms with Gasteiger partial charge in [0, 0.05) is 36.8 Å². The lowest BCUT2D eigenvalue weighted by Crippen LogP contribution is -2.34. The highest BCUT2D eigenvalue weighted by molar-refractivity contribution is 6.30. The van der Waals surface area contributed by atoms with Gasteiger partial charge in [0.15, 0.2) is 5.82 Å². The summed E-state index contributed by atoms with van der Waals surface area (Å²) >= 11 is 6.19. The van der Waals surface area contributed by atoms with Gasteiger partial charge in [0.25, 0.3) is 0 Å². The largest absolute Gasteiger partial charge is 0.401 e. The van der Waals surface area contributed by atoms with Crippen molar-refractivity contribution in [1.82, 2.24) is 24.6 Å². The number of nitrogens with zero attached hydrogens (tertiary/aromatic N) is 6. The first-order valence-corrected chi connectivity index (χ1v) is 11.3. The van der Waals surface area contributed by atoms with E-state index in [9.17, 15) is 13.2 Å². The summed E-state index contributed by atoms with van der Waals surface area (Å²) in [6.45, 7) is 2.92. The molecule has 6 nitrogen and oxygen atoms in total. The van der Waals surface area contributed by atoms with Crippen molar-refractivity contribution < 1.29 is 13.2 Å². The molecule has 174 valence electrons. The lowest BCUT2D eigenvalue weighted by Gasteiger charge is -2.32. The van der Waals surface area contributed by atoms with Gasteiger partial charge in [-0.15, -0.1) is 10.2 Å². The molecule has 10 heteroatoms. The molecule has 2 aliphatic heterocycles. The van der Waals surface area contributed by atoms with Crippen molar-refractivity contribution in [3.8, 4) is 5.69 Å². The predicted octanol–water partition coefficient (Wildman–Crippen LogP) is 4.89. The van der Waals surface area contributed by atoms with E-state index in [1.165, 1.54) is 10.5 Å². The molecule has 0 bridgehead atoms. The molecule has 0 spiro atoms. The maximum absolute atomic E-state index is 13.2. The second-order valence-electron chi connectivity index (χ2n) is 8.80. The third-order valence-corrected chi connectivity index (χ3v) is 6.52. The van der Waals surface area contributed by atoms with Crippen LogP contribution in [-0.4, -0.2) is 50.5 Å². The third-order valence-electron chi connectivity index (χ3n) is 6.28. The van der Waals surface area contributed by atoms with E-state index in [-0.39, 0.29) is 19.0 Å². The van der Waals surface area contributed by atoms with Gasteiger partial charge >= 0.3 is 6.18 Å². The van der Waals surface area contributed by atoms with Crippen LogP contribution in [0.5, 0.6) is 0 Å². The Morgan fingerprint density at radius 1 is 1.06 bits per heavy atom. The van der Waals surface area contributed by atoms with E-state index in [4.69, 9.17) is 11.6 Å². The van der Waals surface area contributed by atoms with Crippen LogP contribution in [0.3, 0.4) is 0 Å². The zero-order valence-electron chi connectivity index (χ0n) is 18.2. The first kappa shape index (κ1) is 22.2. The Hall–Kier alpha value is -2.65. The van der Waals surface area contributed by atoms with Crippen molar-refractivity contribution in [2.45, 2.75) is 44.9 Å². The fourth-order valence-electron chi connectivity index (χ4n) is 4.78. The van der Waals surface area contributed by atoms with Crippen LogP contribution in [0, 0.1) is 6.92 Å². The second kappa shape index (κ2) is 8.61. The van der Waals surface area contributed by atoms with Gasteiger partial charge in [0.2, 0.25) is 0 Å². The highest BCUT2D eigenvalue weighted by Gasteiger charge is 2.35. The number of benzene rings is 1. The maximum atomic E-state index is 13.2. The summed E-state index contributed by atoms with van der Waals surface area (Å²) in [5.41, 5.74) is 2.72. The van der Waals surface area contributed by atoms with Gasteiger partial charge in [-0.3, -0.25) is 9.47 Å². The fourth-order valence-corrected chi connectivity index (χ4v) is 4.98. The van der Waals surface area contributed by atoms with Gasteiger partial charge < -0.3 is 4.90 Å². The Labute approximate surface area is 195 Å². The Bertz CT molecular complexity index is 1150. The molecular formula is C23H24ClF3N6.